The smallest absolute Gasteiger partial charge is 0.339 e. The van der Waals surface area contributed by atoms with Crippen molar-refractivity contribution in [3.8, 4) is 5.75 Å². The molecule has 0 spiro atoms. The molecule has 0 aliphatic heterocycles. The van der Waals surface area contributed by atoms with Crippen molar-refractivity contribution in [2.45, 2.75) is 6.42 Å². The molecule has 0 saturated heterocycles. The highest BCUT2D eigenvalue weighted by molar-refractivity contribution is 5.94. The quantitative estimate of drug-likeness (QED) is 0.869. The monoisotopic (exact) mass is 274 g/mol. The second-order valence-electron chi connectivity index (χ2n) is 4.13. The van der Waals surface area contributed by atoms with Crippen LogP contribution in [-0.4, -0.2) is 10.9 Å². The summed E-state index contributed by atoms with van der Waals surface area (Å²) in [4.78, 5) is 22.7. The van der Waals surface area contributed by atoms with Gasteiger partial charge in [-0.05, 0) is 23.8 Å². The first kappa shape index (κ1) is 13.7. The summed E-state index contributed by atoms with van der Waals surface area (Å²) < 4.78 is 17.5. The minimum atomic E-state index is -0.713. The molecule has 0 fully saturated rings. The molecule has 0 atom stereocenters. The van der Waals surface area contributed by atoms with Gasteiger partial charge >= 0.3 is 5.63 Å². The molecule has 2 aromatic rings. The highest BCUT2D eigenvalue weighted by Gasteiger charge is 2.05. The van der Waals surface area contributed by atoms with Crippen molar-refractivity contribution in [2.75, 3.05) is 0 Å². The highest BCUT2D eigenvalue weighted by Crippen LogP contribution is 2.09. The predicted octanol–water partition coefficient (Wildman–Crippen LogP) is 2.31. The summed E-state index contributed by atoms with van der Waals surface area (Å²) in [5.41, 5.74) is -0.0348. The van der Waals surface area contributed by atoms with Crippen molar-refractivity contribution in [3.05, 3.63) is 70.0 Å². The predicted molar refractivity (Wildman–Crippen MR) is 70.8 cm³/mol. The van der Waals surface area contributed by atoms with Gasteiger partial charge in [0, 0.05) is 6.07 Å². The van der Waals surface area contributed by atoms with Gasteiger partial charge in [0.25, 0.3) is 0 Å². The Labute approximate surface area is 113 Å². The summed E-state index contributed by atoms with van der Waals surface area (Å²) in [6.45, 7) is 0. The molecule has 1 aromatic carbocycles. The molecule has 0 aliphatic rings. The van der Waals surface area contributed by atoms with Crippen molar-refractivity contribution in [2.24, 2.45) is 0 Å². The van der Waals surface area contributed by atoms with E-state index in [4.69, 9.17) is 4.42 Å². The van der Waals surface area contributed by atoms with Crippen molar-refractivity contribution >= 4 is 11.9 Å². The van der Waals surface area contributed by atoms with Crippen LogP contribution in [0.5, 0.6) is 5.75 Å². The molecular formula is C15H11FO4. The van der Waals surface area contributed by atoms with Crippen LogP contribution in [0.1, 0.15) is 11.3 Å². The number of hydrogen-bond acceptors (Lipinski definition) is 4. The lowest BCUT2D eigenvalue weighted by atomic mass is 10.1. The Bertz CT molecular complexity index is 699. The summed E-state index contributed by atoms with van der Waals surface area (Å²) in [7, 11) is 0. The van der Waals surface area contributed by atoms with Gasteiger partial charge in [-0.3, -0.25) is 4.79 Å². The molecule has 4 nitrogen and oxygen atoms in total. The molecule has 0 amide bonds. The van der Waals surface area contributed by atoms with Gasteiger partial charge in [0.05, 0.1) is 12.5 Å². The first-order chi connectivity index (χ1) is 9.52. The summed E-state index contributed by atoms with van der Waals surface area (Å²) in [5, 5.41) is 9.22. The summed E-state index contributed by atoms with van der Waals surface area (Å²) in [6.07, 6.45) is 2.70. The second kappa shape index (κ2) is 5.97. The molecule has 0 bridgehead atoms. The van der Waals surface area contributed by atoms with Crippen molar-refractivity contribution in [3.63, 3.8) is 0 Å². The van der Waals surface area contributed by atoms with E-state index in [0.29, 0.717) is 5.56 Å². The fourth-order valence-electron chi connectivity index (χ4n) is 1.60. The van der Waals surface area contributed by atoms with Crippen LogP contribution < -0.4 is 5.63 Å². The number of halogens is 1. The highest BCUT2D eigenvalue weighted by atomic mass is 19.1. The first-order valence-corrected chi connectivity index (χ1v) is 5.82. The maximum Gasteiger partial charge on any atom is 0.339 e. The lowest BCUT2D eigenvalue weighted by Crippen LogP contribution is -2.03. The van der Waals surface area contributed by atoms with Crippen LogP contribution in [0.2, 0.25) is 0 Å². The summed E-state index contributed by atoms with van der Waals surface area (Å²) in [6, 6.07) is 7.78. The van der Waals surface area contributed by atoms with E-state index in [1.807, 2.05) is 0 Å². The first-order valence-electron chi connectivity index (χ1n) is 5.82. The second-order valence-corrected chi connectivity index (χ2v) is 4.13. The Morgan fingerprint density at radius 2 is 1.95 bits per heavy atom. The molecule has 20 heavy (non-hydrogen) atoms. The summed E-state index contributed by atoms with van der Waals surface area (Å²) in [5.74, 6) is -0.812. The molecule has 0 saturated carbocycles. The molecule has 0 unspecified atom stereocenters. The number of rotatable bonds is 4. The average Bonchev–Trinajstić information content (AvgIpc) is 2.37. The molecule has 5 heteroatoms. The van der Waals surface area contributed by atoms with Crippen molar-refractivity contribution in [1.82, 2.24) is 0 Å². The third-order valence-corrected chi connectivity index (χ3v) is 2.49. The molecule has 0 aliphatic carbocycles. The lowest BCUT2D eigenvalue weighted by molar-refractivity contribution is -0.114. The van der Waals surface area contributed by atoms with Crippen LogP contribution in [0.4, 0.5) is 4.39 Å². The van der Waals surface area contributed by atoms with Crippen LogP contribution in [0.3, 0.4) is 0 Å². The van der Waals surface area contributed by atoms with E-state index in [0.717, 1.165) is 6.07 Å². The van der Waals surface area contributed by atoms with Crippen LogP contribution in [0, 0.1) is 5.82 Å². The Balaban J connectivity index is 2.05. The number of carbonyl (C=O) groups excluding carboxylic acids is 1. The zero-order valence-electron chi connectivity index (χ0n) is 10.4. The van der Waals surface area contributed by atoms with E-state index in [1.165, 1.54) is 42.5 Å². The van der Waals surface area contributed by atoms with Crippen molar-refractivity contribution in [1.29, 1.82) is 0 Å². The fourth-order valence-corrected chi connectivity index (χ4v) is 1.60. The van der Waals surface area contributed by atoms with Crippen LogP contribution in [-0.2, 0) is 11.2 Å². The molecule has 1 aromatic heterocycles. The number of carbonyl (C=O) groups is 1. The Kier molecular flexibility index (Phi) is 4.10. The zero-order valence-corrected chi connectivity index (χ0v) is 10.4. The number of benzene rings is 1. The third kappa shape index (κ3) is 3.91. The largest absolute Gasteiger partial charge is 0.508 e. The lowest BCUT2D eigenvalue weighted by Gasteiger charge is -1.97. The van der Waals surface area contributed by atoms with Crippen LogP contribution in [0.25, 0.3) is 6.08 Å². The topological polar surface area (TPSA) is 67.5 Å². The van der Waals surface area contributed by atoms with Crippen LogP contribution >= 0.6 is 0 Å². The van der Waals surface area contributed by atoms with Gasteiger partial charge in [-0.15, -0.1) is 0 Å². The fraction of sp³-hybridized carbons (Fsp3) is 0.0667. The van der Waals surface area contributed by atoms with Gasteiger partial charge < -0.3 is 9.52 Å². The standard InChI is InChI=1S/C15H11FO4/c16-11-4-1-10(2-5-11)3-6-12(17)7-14-8-13(18)9-15(19)20-14/h1-6,8-9,18H,7H2/b6-3+. The minimum Gasteiger partial charge on any atom is -0.508 e. The Morgan fingerprint density at radius 1 is 1.25 bits per heavy atom. The van der Waals surface area contributed by atoms with Gasteiger partial charge in [-0.1, -0.05) is 18.2 Å². The van der Waals surface area contributed by atoms with E-state index in [2.05, 4.69) is 0 Å². The van der Waals surface area contributed by atoms with E-state index >= 15 is 0 Å². The van der Waals surface area contributed by atoms with E-state index in [9.17, 15) is 19.1 Å². The van der Waals surface area contributed by atoms with Gasteiger partial charge in [0.2, 0.25) is 0 Å². The molecule has 2 rings (SSSR count). The Morgan fingerprint density at radius 3 is 2.60 bits per heavy atom. The van der Waals surface area contributed by atoms with E-state index in [1.54, 1.807) is 0 Å². The minimum absolute atomic E-state index is 0.0868. The molecular weight excluding hydrogens is 263 g/mol. The average molecular weight is 274 g/mol. The van der Waals surface area contributed by atoms with Gasteiger partial charge in [0.1, 0.15) is 17.3 Å². The van der Waals surface area contributed by atoms with Crippen molar-refractivity contribution < 1.29 is 18.7 Å². The Hall–Kier alpha value is -2.69. The third-order valence-electron chi connectivity index (χ3n) is 2.49. The summed E-state index contributed by atoms with van der Waals surface area (Å²) >= 11 is 0. The van der Waals surface area contributed by atoms with Gasteiger partial charge in [0.15, 0.2) is 5.78 Å². The SMILES string of the molecule is O=C(/C=C/c1ccc(F)cc1)Cc1cc(O)cc(=O)o1. The maximum atomic E-state index is 12.7. The maximum absolute atomic E-state index is 12.7. The number of aromatic hydroxyl groups is 1. The van der Waals surface area contributed by atoms with Gasteiger partial charge in [-0.25, -0.2) is 9.18 Å². The van der Waals surface area contributed by atoms with E-state index in [-0.39, 0.29) is 29.5 Å². The van der Waals surface area contributed by atoms with Crippen LogP contribution in [0.15, 0.2) is 51.7 Å². The molecule has 0 radical (unpaired) electrons. The molecule has 102 valence electrons. The molecule has 1 N–H and O–H groups in total. The number of hydrogen-bond donors (Lipinski definition) is 1. The van der Waals surface area contributed by atoms with E-state index < -0.39 is 5.63 Å². The molecule has 1 heterocycles. The number of allylic oxidation sites excluding steroid dienone is 1. The normalized spacial score (nSPS) is 10.8. The number of ketones is 1. The zero-order chi connectivity index (χ0) is 14.5. The van der Waals surface area contributed by atoms with Gasteiger partial charge in [-0.2, -0.15) is 0 Å².